The second-order valence-corrected chi connectivity index (χ2v) is 8.22. The highest BCUT2D eigenvalue weighted by molar-refractivity contribution is 5.00. The molecule has 2 N–H and O–H groups in total. The number of hydrogen-bond donors (Lipinski definition) is 1. The van der Waals surface area contributed by atoms with Crippen LogP contribution in [0.5, 0.6) is 0 Å². The first-order valence-corrected chi connectivity index (χ1v) is 8.36. The summed E-state index contributed by atoms with van der Waals surface area (Å²) in [5.74, 6) is 1.57. The highest BCUT2D eigenvalue weighted by Crippen LogP contribution is 2.46. The van der Waals surface area contributed by atoms with E-state index >= 15 is 0 Å². The molecule has 1 aliphatic heterocycles. The molecule has 2 aliphatic rings. The van der Waals surface area contributed by atoms with E-state index < -0.39 is 0 Å². The van der Waals surface area contributed by atoms with Crippen LogP contribution in [0.25, 0.3) is 0 Å². The Morgan fingerprint density at radius 2 is 1.85 bits per heavy atom. The van der Waals surface area contributed by atoms with Crippen molar-refractivity contribution in [2.24, 2.45) is 23.0 Å². The number of rotatable bonds is 4. The molecular formula is C17H34N2O. The molecule has 0 aromatic carbocycles. The molecule has 3 heteroatoms. The zero-order valence-corrected chi connectivity index (χ0v) is 14.0. The van der Waals surface area contributed by atoms with Crippen LogP contribution in [0.15, 0.2) is 0 Å². The van der Waals surface area contributed by atoms with Gasteiger partial charge >= 0.3 is 0 Å². The Morgan fingerprint density at radius 1 is 1.20 bits per heavy atom. The van der Waals surface area contributed by atoms with Crippen LogP contribution in [0.3, 0.4) is 0 Å². The lowest BCUT2D eigenvalue weighted by Crippen LogP contribution is -2.58. The maximum atomic E-state index is 6.26. The van der Waals surface area contributed by atoms with Gasteiger partial charge in [0.05, 0.1) is 0 Å². The lowest BCUT2D eigenvalue weighted by Gasteiger charge is -2.52. The molecule has 1 aliphatic carbocycles. The number of likely N-dealkylation sites (N-methyl/N-ethyl adjacent to an activating group) is 1. The van der Waals surface area contributed by atoms with Gasteiger partial charge in [-0.15, -0.1) is 0 Å². The molecule has 1 saturated heterocycles. The quantitative estimate of drug-likeness (QED) is 0.861. The highest BCUT2D eigenvalue weighted by Gasteiger charge is 2.44. The van der Waals surface area contributed by atoms with Gasteiger partial charge < -0.3 is 10.5 Å². The van der Waals surface area contributed by atoms with E-state index in [1.807, 2.05) is 0 Å². The first-order valence-electron chi connectivity index (χ1n) is 8.36. The zero-order chi connectivity index (χ0) is 14.8. The third-order valence-corrected chi connectivity index (χ3v) is 5.50. The van der Waals surface area contributed by atoms with E-state index in [1.165, 1.54) is 38.6 Å². The van der Waals surface area contributed by atoms with Crippen molar-refractivity contribution in [3.63, 3.8) is 0 Å². The van der Waals surface area contributed by atoms with Gasteiger partial charge in [-0.25, -0.2) is 0 Å². The first kappa shape index (κ1) is 16.3. The Labute approximate surface area is 125 Å². The SMILES string of the molecule is CC1CC(C)(C)CC(CN)(N(C)CC2CCOCC2)C1. The van der Waals surface area contributed by atoms with Gasteiger partial charge in [-0.2, -0.15) is 0 Å². The third kappa shape index (κ3) is 3.75. The predicted octanol–water partition coefficient (Wildman–Crippen LogP) is 2.89. The highest BCUT2D eigenvalue weighted by atomic mass is 16.5. The second-order valence-electron chi connectivity index (χ2n) is 8.22. The van der Waals surface area contributed by atoms with E-state index in [2.05, 4.69) is 32.7 Å². The minimum Gasteiger partial charge on any atom is -0.381 e. The minimum absolute atomic E-state index is 0.208. The van der Waals surface area contributed by atoms with Crippen molar-refractivity contribution in [1.29, 1.82) is 0 Å². The monoisotopic (exact) mass is 282 g/mol. The Kier molecular flexibility index (Phi) is 5.14. The molecule has 2 rings (SSSR count). The normalized spacial score (nSPS) is 35.4. The molecule has 0 spiro atoms. The minimum atomic E-state index is 0.208. The third-order valence-electron chi connectivity index (χ3n) is 5.50. The van der Waals surface area contributed by atoms with Crippen molar-refractivity contribution in [1.82, 2.24) is 4.90 Å². The number of nitrogens with zero attached hydrogens (tertiary/aromatic N) is 1. The van der Waals surface area contributed by atoms with Crippen LogP contribution >= 0.6 is 0 Å². The maximum Gasteiger partial charge on any atom is 0.0469 e. The van der Waals surface area contributed by atoms with Crippen LogP contribution in [0, 0.1) is 17.3 Å². The molecule has 0 amide bonds. The molecule has 0 radical (unpaired) electrons. The van der Waals surface area contributed by atoms with E-state index in [-0.39, 0.29) is 5.54 Å². The fourth-order valence-electron chi connectivity index (χ4n) is 4.81. The van der Waals surface area contributed by atoms with Gasteiger partial charge in [-0.1, -0.05) is 20.8 Å². The number of hydrogen-bond acceptors (Lipinski definition) is 3. The summed E-state index contributed by atoms with van der Waals surface area (Å²) in [6.07, 6.45) is 6.25. The average Bonchev–Trinajstić information content (AvgIpc) is 2.37. The van der Waals surface area contributed by atoms with Crippen molar-refractivity contribution < 1.29 is 4.74 Å². The van der Waals surface area contributed by atoms with Crippen molar-refractivity contribution in [2.75, 3.05) is 33.4 Å². The molecule has 2 unspecified atom stereocenters. The summed E-state index contributed by atoms with van der Waals surface area (Å²) in [7, 11) is 2.30. The van der Waals surface area contributed by atoms with Crippen molar-refractivity contribution in [2.45, 2.75) is 58.4 Å². The summed E-state index contributed by atoms with van der Waals surface area (Å²) in [5, 5.41) is 0. The Balaban J connectivity index is 2.04. The van der Waals surface area contributed by atoms with Gasteiger partial charge in [0.25, 0.3) is 0 Å². The van der Waals surface area contributed by atoms with E-state index in [1.54, 1.807) is 0 Å². The summed E-state index contributed by atoms with van der Waals surface area (Å²) >= 11 is 0. The summed E-state index contributed by atoms with van der Waals surface area (Å²) in [5.41, 5.74) is 6.89. The van der Waals surface area contributed by atoms with Gasteiger partial charge in [0.2, 0.25) is 0 Å². The lowest BCUT2D eigenvalue weighted by molar-refractivity contribution is -0.0181. The van der Waals surface area contributed by atoms with Gasteiger partial charge in [0.1, 0.15) is 0 Å². The molecule has 2 atom stereocenters. The summed E-state index contributed by atoms with van der Waals surface area (Å²) < 4.78 is 5.49. The Morgan fingerprint density at radius 3 is 2.40 bits per heavy atom. The molecule has 118 valence electrons. The van der Waals surface area contributed by atoms with E-state index in [9.17, 15) is 0 Å². The van der Waals surface area contributed by atoms with Crippen molar-refractivity contribution in [3.8, 4) is 0 Å². The number of ether oxygens (including phenoxy) is 1. The first-order chi connectivity index (χ1) is 9.37. The van der Waals surface area contributed by atoms with Crippen LogP contribution < -0.4 is 5.73 Å². The fourth-order valence-corrected chi connectivity index (χ4v) is 4.81. The van der Waals surface area contributed by atoms with Crippen molar-refractivity contribution >= 4 is 0 Å². The second kappa shape index (κ2) is 6.33. The maximum absolute atomic E-state index is 6.26. The topological polar surface area (TPSA) is 38.5 Å². The molecule has 1 heterocycles. The number of nitrogens with two attached hydrogens (primary N) is 1. The molecule has 0 aromatic heterocycles. The van der Waals surface area contributed by atoms with E-state index in [0.717, 1.165) is 31.6 Å². The van der Waals surface area contributed by atoms with Crippen LogP contribution in [-0.2, 0) is 4.74 Å². The Hall–Kier alpha value is -0.120. The molecular weight excluding hydrogens is 248 g/mol. The van der Waals surface area contributed by atoms with E-state index in [4.69, 9.17) is 10.5 Å². The molecule has 1 saturated carbocycles. The summed E-state index contributed by atoms with van der Waals surface area (Å²) in [6, 6.07) is 0. The van der Waals surface area contributed by atoms with Crippen LogP contribution in [0.2, 0.25) is 0 Å². The predicted molar refractivity (Wildman–Crippen MR) is 84.8 cm³/mol. The fraction of sp³-hybridized carbons (Fsp3) is 1.00. The molecule has 0 bridgehead atoms. The summed E-state index contributed by atoms with van der Waals surface area (Å²) in [4.78, 5) is 2.60. The van der Waals surface area contributed by atoms with Crippen LogP contribution in [0.4, 0.5) is 0 Å². The largest absolute Gasteiger partial charge is 0.381 e. The Bertz CT molecular complexity index is 312. The van der Waals surface area contributed by atoms with E-state index in [0.29, 0.717) is 5.41 Å². The lowest BCUT2D eigenvalue weighted by atomic mass is 9.63. The molecule has 20 heavy (non-hydrogen) atoms. The average molecular weight is 282 g/mol. The van der Waals surface area contributed by atoms with Crippen LogP contribution in [0.1, 0.15) is 52.9 Å². The molecule has 3 nitrogen and oxygen atoms in total. The summed E-state index contributed by atoms with van der Waals surface area (Å²) in [6.45, 7) is 11.1. The van der Waals surface area contributed by atoms with Gasteiger partial charge in [-0.05, 0) is 56.4 Å². The molecule has 2 fully saturated rings. The van der Waals surface area contributed by atoms with Gasteiger partial charge in [0.15, 0.2) is 0 Å². The smallest absolute Gasteiger partial charge is 0.0469 e. The van der Waals surface area contributed by atoms with Gasteiger partial charge in [-0.3, -0.25) is 4.90 Å². The standard InChI is InChI=1S/C17H34N2O/c1-14-9-16(2,3)12-17(10-14,13-18)19(4)11-15-5-7-20-8-6-15/h14-15H,5-13,18H2,1-4H3. The van der Waals surface area contributed by atoms with Crippen LogP contribution in [-0.4, -0.2) is 43.8 Å². The van der Waals surface area contributed by atoms with Gasteiger partial charge in [0, 0.05) is 31.8 Å². The van der Waals surface area contributed by atoms with Crippen molar-refractivity contribution in [3.05, 3.63) is 0 Å². The molecule has 0 aromatic rings. The zero-order valence-electron chi connectivity index (χ0n) is 14.0.